The summed E-state index contributed by atoms with van der Waals surface area (Å²) in [6, 6.07) is 8.67. The lowest BCUT2D eigenvalue weighted by Gasteiger charge is -2.16. The van der Waals surface area contributed by atoms with Crippen molar-refractivity contribution in [3.05, 3.63) is 35.4 Å². The molecule has 4 heteroatoms. The summed E-state index contributed by atoms with van der Waals surface area (Å²) in [7, 11) is 1.78. The van der Waals surface area contributed by atoms with Crippen molar-refractivity contribution < 1.29 is 4.74 Å². The lowest BCUT2D eigenvalue weighted by Crippen LogP contribution is -2.40. The van der Waals surface area contributed by atoms with E-state index in [0.29, 0.717) is 12.6 Å². The summed E-state index contributed by atoms with van der Waals surface area (Å²) in [6.45, 7) is 8.33. The van der Waals surface area contributed by atoms with Crippen molar-refractivity contribution in [1.82, 2.24) is 10.6 Å². The van der Waals surface area contributed by atoms with Gasteiger partial charge in [-0.3, -0.25) is 4.99 Å². The van der Waals surface area contributed by atoms with Gasteiger partial charge in [-0.15, -0.1) is 0 Å². The Morgan fingerprint density at radius 1 is 1.26 bits per heavy atom. The summed E-state index contributed by atoms with van der Waals surface area (Å²) in [5, 5.41) is 6.59. The maximum atomic E-state index is 5.48. The zero-order chi connectivity index (χ0) is 14.1. The van der Waals surface area contributed by atoms with Gasteiger partial charge in [-0.25, -0.2) is 0 Å². The fourth-order valence-corrected chi connectivity index (χ4v) is 1.73. The average molecular weight is 263 g/mol. The van der Waals surface area contributed by atoms with Crippen molar-refractivity contribution in [2.24, 2.45) is 4.99 Å². The molecule has 0 bridgehead atoms. The molecule has 0 spiro atoms. The van der Waals surface area contributed by atoms with Gasteiger partial charge in [0.25, 0.3) is 0 Å². The first kappa shape index (κ1) is 15.5. The molecule has 1 rings (SSSR count). The predicted octanol–water partition coefficient (Wildman–Crippen LogP) is 2.30. The zero-order valence-corrected chi connectivity index (χ0v) is 12.4. The molecule has 0 aromatic heterocycles. The number of nitrogens with zero attached hydrogens (tertiary/aromatic N) is 1. The number of ether oxygens (including phenoxy) is 1. The molecule has 0 radical (unpaired) electrons. The first-order valence-electron chi connectivity index (χ1n) is 6.79. The van der Waals surface area contributed by atoms with Crippen LogP contribution in [0.25, 0.3) is 0 Å². The number of nitrogens with one attached hydrogen (secondary N) is 2. The highest BCUT2D eigenvalue weighted by atomic mass is 16.5. The second-order valence-corrected chi connectivity index (χ2v) is 4.63. The Kier molecular flexibility index (Phi) is 6.97. The highest BCUT2D eigenvalue weighted by Gasteiger charge is 2.04. The quantitative estimate of drug-likeness (QED) is 0.611. The van der Waals surface area contributed by atoms with E-state index in [1.165, 1.54) is 11.1 Å². The molecule has 106 valence electrons. The fraction of sp³-hybridized carbons (Fsp3) is 0.533. The van der Waals surface area contributed by atoms with Gasteiger partial charge < -0.3 is 15.4 Å². The Balaban J connectivity index is 2.61. The monoisotopic (exact) mass is 263 g/mol. The van der Waals surface area contributed by atoms with E-state index in [4.69, 9.17) is 4.74 Å². The van der Waals surface area contributed by atoms with Crippen LogP contribution in [0.3, 0.4) is 0 Å². The van der Waals surface area contributed by atoms with Crippen LogP contribution in [0.2, 0.25) is 0 Å². The smallest absolute Gasteiger partial charge is 0.191 e. The van der Waals surface area contributed by atoms with Crippen LogP contribution in [-0.4, -0.2) is 25.7 Å². The van der Waals surface area contributed by atoms with Crippen molar-refractivity contribution in [1.29, 1.82) is 0 Å². The molecule has 1 aromatic carbocycles. The standard InChI is InChI=1S/C15H25N3O/c1-5-19-11-14-9-7-6-8-13(14)10-17-15(16-4)18-12(2)3/h6-9,12H,5,10-11H2,1-4H3,(H2,16,17,18). The van der Waals surface area contributed by atoms with E-state index < -0.39 is 0 Å². The number of guanidine groups is 1. The molecule has 0 unspecified atom stereocenters. The molecule has 0 saturated heterocycles. The number of aliphatic imine (C=N–C) groups is 1. The molecule has 0 aliphatic heterocycles. The van der Waals surface area contributed by atoms with Crippen molar-refractivity contribution in [3.63, 3.8) is 0 Å². The second-order valence-electron chi connectivity index (χ2n) is 4.63. The Labute approximate surface area is 116 Å². The first-order chi connectivity index (χ1) is 9.17. The number of benzene rings is 1. The van der Waals surface area contributed by atoms with Gasteiger partial charge in [-0.2, -0.15) is 0 Å². The normalized spacial score (nSPS) is 11.7. The van der Waals surface area contributed by atoms with E-state index in [2.05, 4.69) is 41.6 Å². The third-order valence-corrected chi connectivity index (χ3v) is 2.68. The number of hydrogen-bond acceptors (Lipinski definition) is 2. The Morgan fingerprint density at radius 2 is 1.95 bits per heavy atom. The molecule has 0 heterocycles. The number of rotatable bonds is 6. The molecule has 0 aliphatic carbocycles. The van der Waals surface area contributed by atoms with E-state index in [1.54, 1.807) is 7.05 Å². The molecule has 19 heavy (non-hydrogen) atoms. The van der Waals surface area contributed by atoms with Crippen molar-refractivity contribution in [3.8, 4) is 0 Å². The largest absolute Gasteiger partial charge is 0.377 e. The van der Waals surface area contributed by atoms with Crippen molar-refractivity contribution >= 4 is 5.96 Å². The van der Waals surface area contributed by atoms with E-state index in [0.717, 1.165) is 19.1 Å². The molecule has 1 aromatic rings. The molecule has 0 aliphatic rings. The minimum absolute atomic E-state index is 0.366. The van der Waals surface area contributed by atoms with Crippen LogP contribution in [0.5, 0.6) is 0 Å². The van der Waals surface area contributed by atoms with Crippen LogP contribution < -0.4 is 10.6 Å². The third kappa shape index (κ3) is 5.75. The summed E-state index contributed by atoms with van der Waals surface area (Å²) < 4.78 is 5.48. The molecule has 0 atom stereocenters. The molecule has 0 fully saturated rings. The van der Waals surface area contributed by atoms with Crippen LogP contribution in [-0.2, 0) is 17.9 Å². The predicted molar refractivity (Wildman–Crippen MR) is 80.2 cm³/mol. The Morgan fingerprint density at radius 3 is 2.53 bits per heavy atom. The van der Waals surface area contributed by atoms with Gasteiger partial charge >= 0.3 is 0 Å². The van der Waals surface area contributed by atoms with Gasteiger partial charge in [0.05, 0.1) is 6.61 Å². The van der Waals surface area contributed by atoms with E-state index in [1.807, 2.05) is 19.1 Å². The minimum Gasteiger partial charge on any atom is -0.377 e. The van der Waals surface area contributed by atoms with Crippen LogP contribution >= 0.6 is 0 Å². The van der Waals surface area contributed by atoms with E-state index in [-0.39, 0.29) is 0 Å². The third-order valence-electron chi connectivity index (χ3n) is 2.68. The second kappa shape index (κ2) is 8.53. The molecule has 0 amide bonds. The minimum atomic E-state index is 0.366. The lowest BCUT2D eigenvalue weighted by atomic mass is 10.1. The summed E-state index contributed by atoms with van der Waals surface area (Å²) in [5.41, 5.74) is 2.46. The maximum Gasteiger partial charge on any atom is 0.191 e. The van der Waals surface area contributed by atoms with Gasteiger partial charge in [-0.05, 0) is 31.9 Å². The van der Waals surface area contributed by atoms with Crippen LogP contribution in [0, 0.1) is 0 Å². The van der Waals surface area contributed by atoms with Gasteiger partial charge in [0.15, 0.2) is 5.96 Å². The fourth-order valence-electron chi connectivity index (χ4n) is 1.73. The topological polar surface area (TPSA) is 45.6 Å². The lowest BCUT2D eigenvalue weighted by molar-refractivity contribution is 0.133. The maximum absolute atomic E-state index is 5.48. The SMILES string of the molecule is CCOCc1ccccc1CNC(=NC)NC(C)C. The molecular weight excluding hydrogens is 238 g/mol. The molecular formula is C15H25N3O. The molecule has 4 nitrogen and oxygen atoms in total. The van der Waals surface area contributed by atoms with Gasteiger partial charge in [0.1, 0.15) is 0 Å². The number of hydrogen-bond donors (Lipinski definition) is 2. The van der Waals surface area contributed by atoms with Gasteiger partial charge in [0.2, 0.25) is 0 Å². The van der Waals surface area contributed by atoms with Crippen LogP contribution in [0.1, 0.15) is 31.9 Å². The summed E-state index contributed by atoms with van der Waals surface area (Å²) >= 11 is 0. The molecule has 0 saturated carbocycles. The average Bonchev–Trinajstić information content (AvgIpc) is 2.41. The summed E-state index contributed by atoms with van der Waals surface area (Å²) in [4.78, 5) is 4.20. The first-order valence-corrected chi connectivity index (χ1v) is 6.79. The Bertz CT molecular complexity index is 402. The Hall–Kier alpha value is -1.55. The van der Waals surface area contributed by atoms with Gasteiger partial charge in [-0.1, -0.05) is 24.3 Å². The van der Waals surface area contributed by atoms with Gasteiger partial charge in [0, 0.05) is 26.2 Å². The van der Waals surface area contributed by atoms with Crippen LogP contribution in [0.4, 0.5) is 0 Å². The van der Waals surface area contributed by atoms with E-state index >= 15 is 0 Å². The van der Waals surface area contributed by atoms with Crippen LogP contribution in [0.15, 0.2) is 29.3 Å². The van der Waals surface area contributed by atoms with Crippen molar-refractivity contribution in [2.45, 2.75) is 40.0 Å². The highest BCUT2D eigenvalue weighted by Crippen LogP contribution is 2.09. The summed E-state index contributed by atoms with van der Waals surface area (Å²) in [5.74, 6) is 0.821. The zero-order valence-electron chi connectivity index (χ0n) is 12.4. The highest BCUT2D eigenvalue weighted by molar-refractivity contribution is 5.79. The summed E-state index contributed by atoms with van der Waals surface area (Å²) in [6.07, 6.45) is 0. The van der Waals surface area contributed by atoms with E-state index in [9.17, 15) is 0 Å². The molecule has 2 N–H and O–H groups in total. The van der Waals surface area contributed by atoms with Crippen molar-refractivity contribution in [2.75, 3.05) is 13.7 Å².